The van der Waals surface area contributed by atoms with Gasteiger partial charge in [-0.2, -0.15) is 0 Å². The number of hydrazine groups is 1. The summed E-state index contributed by atoms with van der Waals surface area (Å²) in [7, 11) is 0. The van der Waals surface area contributed by atoms with Crippen LogP contribution in [0.25, 0.3) is 0 Å². The predicted octanol–water partition coefficient (Wildman–Crippen LogP) is 2.17. The Morgan fingerprint density at radius 2 is 2.00 bits per heavy atom. The van der Waals surface area contributed by atoms with Gasteiger partial charge < -0.3 is 5.11 Å². The Labute approximate surface area is 85.5 Å². The molecule has 82 valence electrons. The smallest absolute Gasteiger partial charge is 0.421 e. The molecular weight excluding hydrogens is 180 g/mol. The van der Waals surface area contributed by atoms with Crippen LogP contribution in [-0.4, -0.2) is 40.9 Å². The first-order valence-electron chi connectivity index (χ1n) is 5.51. The van der Waals surface area contributed by atoms with Gasteiger partial charge in [0.05, 0.1) is 0 Å². The minimum absolute atomic E-state index is 0.645. The third-order valence-corrected chi connectivity index (χ3v) is 2.62. The second-order valence-electron chi connectivity index (χ2n) is 3.77. The van der Waals surface area contributed by atoms with Crippen LogP contribution in [-0.2, 0) is 0 Å². The SMILES string of the molecule is CCCCN(C(=O)O)N1CCCCC1. The van der Waals surface area contributed by atoms with Crippen molar-refractivity contribution in [3.63, 3.8) is 0 Å². The molecule has 1 N–H and O–H groups in total. The molecule has 1 fully saturated rings. The highest BCUT2D eigenvalue weighted by Crippen LogP contribution is 2.12. The molecule has 4 heteroatoms. The zero-order chi connectivity index (χ0) is 10.4. The minimum atomic E-state index is -0.805. The van der Waals surface area contributed by atoms with Crippen molar-refractivity contribution in [3.8, 4) is 0 Å². The number of amides is 1. The molecule has 4 nitrogen and oxygen atoms in total. The fraction of sp³-hybridized carbons (Fsp3) is 0.900. The molecule has 0 aromatic rings. The molecule has 0 aromatic carbocycles. The Kier molecular flexibility index (Phi) is 4.73. The quantitative estimate of drug-likeness (QED) is 0.756. The predicted molar refractivity (Wildman–Crippen MR) is 55.1 cm³/mol. The van der Waals surface area contributed by atoms with Gasteiger partial charge in [-0.25, -0.2) is 14.8 Å². The molecule has 14 heavy (non-hydrogen) atoms. The molecule has 0 atom stereocenters. The van der Waals surface area contributed by atoms with Crippen molar-refractivity contribution in [1.82, 2.24) is 10.0 Å². The van der Waals surface area contributed by atoms with Crippen LogP contribution in [0.1, 0.15) is 39.0 Å². The molecule has 1 amide bonds. The average molecular weight is 200 g/mol. The lowest BCUT2D eigenvalue weighted by Crippen LogP contribution is -2.48. The number of nitrogens with zero attached hydrogens (tertiary/aromatic N) is 2. The summed E-state index contributed by atoms with van der Waals surface area (Å²) in [6, 6.07) is 0. The second-order valence-corrected chi connectivity index (χ2v) is 3.77. The number of hydrogen-bond donors (Lipinski definition) is 1. The van der Waals surface area contributed by atoms with E-state index in [9.17, 15) is 4.79 Å². The van der Waals surface area contributed by atoms with Crippen molar-refractivity contribution >= 4 is 6.09 Å². The molecule has 0 unspecified atom stereocenters. The van der Waals surface area contributed by atoms with Crippen LogP contribution < -0.4 is 0 Å². The third kappa shape index (κ3) is 3.18. The van der Waals surface area contributed by atoms with E-state index in [-0.39, 0.29) is 0 Å². The highest BCUT2D eigenvalue weighted by Gasteiger charge is 2.21. The van der Waals surface area contributed by atoms with Gasteiger partial charge in [0.2, 0.25) is 0 Å². The van der Waals surface area contributed by atoms with Crippen LogP contribution in [0.15, 0.2) is 0 Å². The van der Waals surface area contributed by atoms with Crippen molar-refractivity contribution < 1.29 is 9.90 Å². The topological polar surface area (TPSA) is 43.8 Å². The van der Waals surface area contributed by atoms with Gasteiger partial charge in [-0.3, -0.25) is 0 Å². The van der Waals surface area contributed by atoms with Gasteiger partial charge in [0.15, 0.2) is 0 Å². The van der Waals surface area contributed by atoms with Crippen molar-refractivity contribution in [2.24, 2.45) is 0 Å². The molecule has 1 aliphatic rings. The fourth-order valence-electron chi connectivity index (χ4n) is 1.78. The Morgan fingerprint density at radius 1 is 1.36 bits per heavy atom. The van der Waals surface area contributed by atoms with Gasteiger partial charge in [0.1, 0.15) is 0 Å². The lowest BCUT2D eigenvalue weighted by molar-refractivity contribution is -0.0228. The summed E-state index contributed by atoms with van der Waals surface area (Å²) < 4.78 is 0. The normalized spacial score (nSPS) is 18.1. The van der Waals surface area contributed by atoms with E-state index in [4.69, 9.17) is 5.11 Å². The van der Waals surface area contributed by atoms with E-state index in [1.165, 1.54) is 11.4 Å². The van der Waals surface area contributed by atoms with Gasteiger partial charge >= 0.3 is 6.09 Å². The van der Waals surface area contributed by atoms with Gasteiger partial charge in [0, 0.05) is 19.6 Å². The van der Waals surface area contributed by atoms with E-state index in [2.05, 4.69) is 6.92 Å². The number of unbranched alkanes of at least 4 members (excludes halogenated alkanes) is 1. The summed E-state index contributed by atoms with van der Waals surface area (Å²) in [5, 5.41) is 12.5. The van der Waals surface area contributed by atoms with E-state index in [1.807, 2.05) is 5.01 Å². The number of hydrogen-bond acceptors (Lipinski definition) is 2. The molecule has 1 saturated heterocycles. The Hall–Kier alpha value is -0.770. The maximum Gasteiger partial charge on any atom is 0.421 e. The molecule has 0 spiro atoms. The van der Waals surface area contributed by atoms with E-state index >= 15 is 0 Å². The first-order chi connectivity index (χ1) is 6.75. The van der Waals surface area contributed by atoms with Crippen LogP contribution in [0.5, 0.6) is 0 Å². The Morgan fingerprint density at radius 3 is 2.50 bits per heavy atom. The molecule has 0 radical (unpaired) electrons. The number of rotatable bonds is 4. The molecule has 1 heterocycles. The summed E-state index contributed by atoms with van der Waals surface area (Å²) >= 11 is 0. The van der Waals surface area contributed by atoms with Gasteiger partial charge in [-0.15, -0.1) is 0 Å². The van der Waals surface area contributed by atoms with Gasteiger partial charge in [-0.05, 0) is 19.3 Å². The van der Waals surface area contributed by atoms with E-state index < -0.39 is 6.09 Å². The van der Waals surface area contributed by atoms with Gasteiger partial charge in [0.25, 0.3) is 0 Å². The van der Waals surface area contributed by atoms with Crippen LogP contribution in [0.3, 0.4) is 0 Å². The average Bonchev–Trinajstić information content (AvgIpc) is 2.19. The number of carboxylic acid groups (broad SMARTS) is 1. The van der Waals surface area contributed by atoms with Crippen molar-refractivity contribution in [3.05, 3.63) is 0 Å². The Bertz CT molecular complexity index is 179. The molecule has 0 aromatic heterocycles. The van der Waals surface area contributed by atoms with E-state index in [0.29, 0.717) is 6.54 Å². The number of piperidine rings is 1. The zero-order valence-corrected chi connectivity index (χ0v) is 8.91. The first-order valence-corrected chi connectivity index (χ1v) is 5.51. The molecule has 1 aliphatic heterocycles. The van der Waals surface area contributed by atoms with Crippen LogP contribution in [0, 0.1) is 0 Å². The van der Waals surface area contributed by atoms with E-state index in [1.54, 1.807) is 0 Å². The summed E-state index contributed by atoms with van der Waals surface area (Å²) in [5.74, 6) is 0. The van der Waals surface area contributed by atoms with Crippen molar-refractivity contribution in [1.29, 1.82) is 0 Å². The summed E-state index contributed by atoms with van der Waals surface area (Å²) in [6.45, 7) is 4.52. The monoisotopic (exact) mass is 200 g/mol. The minimum Gasteiger partial charge on any atom is -0.464 e. The maximum atomic E-state index is 11.0. The van der Waals surface area contributed by atoms with Crippen LogP contribution >= 0.6 is 0 Å². The fourth-order valence-corrected chi connectivity index (χ4v) is 1.78. The number of carbonyl (C=O) groups is 1. The summed E-state index contributed by atoms with van der Waals surface area (Å²) in [6.07, 6.45) is 4.66. The van der Waals surface area contributed by atoms with Gasteiger partial charge in [-0.1, -0.05) is 19.8 Å². The molecule has 0 saturated carbocycles. The largest absolute Gasteiger partial charge is 0.464 e. The molecule has 0 bridgehead atoms. The first kappa shape index (κ1) is 11.3. The molecule has 0 aliphatic carbocycles. The lowest BCUT2D eigenvalue weighted by Gasteiger charge is -2.35. The summed E-state index contributed by atoms with van der Waals surface area (Å²) in [5.41, 5.74) is 0. The highest BCUT2D eigenvalue weighted by molar-refractivity contribution is 5.64. The summed E-state index contributed by atoms with van der Waals surface area (Å²) in [4.78, 5) is 11.0. The standard InChI is InChI=1S/C10H20N2O2/c1-2-3-9-12(10(13)14)11-7-5-4-6-8-11/h2-9H2,1H3,(H,13,14). The van der Waals surface area contributed by atoms with Crippen molar-refractivity contribution in [2.75, 3.05) is 19.6 Å². The third-order valence-electron chi connectivity index (χ3n) is 2.62. The highest BCUT2D eigenvalue weighted by atomic mass is 16.4. The van der Waals surface area contributed by atoms with Crippen LogP contribution in [0.4, 0.5) is 4.79 Å². The van der Waals surface area contributed by atoms with Crippen molar-refractivity contribution in [2.45, 2.75) is 39.0 Å². The van der Waals surface area contributed by atoms with E-state index in [0.717, 1.165) is 38.8 Å². The molecular formula is C10H20N2O2. The Balaban J connectivity index is 2.43. The maximum absolute atomic E-state index is 11.0. The zero-order valence-electron chi connectivity index (χ0n) is 8.91. The second kappa shape index (κ2) is 5.86. The van der Waals surface area contributed by atoms with Crippen LogP contribution in [0.2, 0.25) is 0 Å². The molecule has 1 rings (SSSR count). The lowest BCUT2D eigenvalue weighted by atomic mass is 10.2.